The highest BCUT2D eigenvalue weighted by Gasteiger charge is 2.38. The lowest BCUT2D eigenvalue weighted by Gasteiger charge is -2.29. The smallest absolute Gasteiger partial charge is 0.420 e. The number of aryl methyl sites for hydroxylation is 1. The number of nitrogens with zero attached hydrogens (tertiary/aromatic N) is 1. The maximum atomic E-state index is 14.0. The van der Waals surface area contributed by atoms with E-state index in [4.69, 9.17) is 4.74 Å². The molecular formula is C23H30F3N3O3. The minimum atomic E-state index is -4.82. The molecule has 32 heavy (non-hydrogen) atoms. The van der Waals surface area contributed by atoms with Gasteiger partial charge in [0, 0.05) is 13.1 Å². The van der Waals surface area contributed by atoms with Crippen LogP contribution in [-0.4, -0.2) is 24.2 Å². The first-order valence-electron chi connectivity index (χ1n) is 10.7. The first-order valence-corrected chi connectivity index (χ1v) is 10.7. The third-order valence-corrected chi connectivity index (χ3v) is 4.70. The molecule has 2 aromatic carbocycles. The fraction of sp³-hybridized carbons (Fsp3) is 0.435. The molecule has 0 amide bonds. The van der Waals surface area contributed by atoms with Crippen molar-refractivity contribution >= 4 is 11.7 Å². The number of rotatable bonds is 12. The molecule has 3 N–H and O–H groups in total. The average molecular weight is 454 g/mol. The van der Waals surface area contributed by atoms with Gasteiger partial charge in [0.2, 0.25) is 0 Å². The molecule has 9 heteroatoms. The first-order chi connectivity index (χ1) is 15.2. The van der Waals surface area contributed by atoms with Gasteiger partial charge in [-0.05, 0) is 44.0 Å². The molecule has 0 spiro atoms. The summed E-state index contributed by atoms with van der Waals surface area (Å²) in [7, 11) is 0. The van der Waals surface area contributed by atoms with Crippen molar-refractivity contribution in [3.05, 3.63) is 53.1 Å². The molecule has 0 aliphatic carbocycles. The summed E-state index contributed by atoms with van der Waals surface area (Å²) in [6.45, 7) is 6.82. The van der Waals surface area contributed by atoms with Crippen molar-refractivity contribution in [2.75, 3.05) is 18.2 Å². The molecule has 0 fully saturated rings. The van der Waals surface area contributed by atoms with Crippen LogP contribution in [-0.2, 0) is 6.18 Å². The van der Waals surface area contributed by atoms with Crippen molar-refractivity contribution < 1.29 is 27.8 Å². The van der Waals surface area contributed by atoms with Crippen LogP contribution in [0, 0.1) is 6.92 Å². The number of hydrogen-bond acceptors (Lipinski definition) is 5. The highest BCUT2D eigenvalue weighted by atomic mass is 19.4. The summed E-state index contributed by atoms with van der Waals surface area (Å²) in [6, 6.07) is 8.38. The van der Waals surface area contributed by atoms with Crippen LogP contribution in [0.2, 0.25) is 0 Å². The van der Waals surface area contributed by atoms with Gasteiger partial charge < -0.3 is 9.84 Å². The number of halogens is 3. The number of carboxylic acids is 1. The van der Waals surface area contributed by atoms with Crippen LogP contribution in [0.5, 0.6) is 11.5 Å². The molecule has 2 rings (SSSR count). The fourth-order valence-corrected chi connectivity index (χ4v) is 2.91. The van der Waals surface area contributed by atoms with E-state index < -0.39 is 29.0 Å². The van der Waals surface area contributed by atoms with Crippen LogP contribution in [0.25, 0.3) is 0 Å². The Balaban J connectivity index is 2.63. The lowest BCUT2D eigenvalue weighted by Crippen LogP contribution is -2.49. The number of nitrogens with one attached hydrogen (secondary N) is 2. The lowest BCUT2D eigenvalue weighted by molar-refractivity contribution is -0.138. The summed E-state index contributed by atoms with van der Waals surface area (Å²) in [5, 5.41) is 10.8. The van der Waals surface area contributed by atoms with Crippen LogP contribution in [0.4, 0.5) is 18.9 Å². The van der Waals surface area contributed by atoms with E-state index in [2.05, 4.69) is 10.9 Å². The largest absolute Gasteiger partial charge is 0.478 e. The van der Waals surface area contributed by atoms with E-state index in [0.717, 1.165) is 31.2 Å². The number of carboxylic acid groups (broad SMARTS) is 1. The molecule has 0 radical (unpaired) electrons. The maximum Gasteiger partial charge on any atom is 0.420 e. The molecule has 0 saturated heterocycles. The molecular weight excluding hydrogens is 423 g/mol. The van der Waals surface area contributed by atoms with Gasteiger partial charge in [-0.3, -0.25) is 0 Å². The standard InChI is InChI=1S/C23H30F3N3O3/c1-4-6-12-27-29(28-13-7-5-2)20-15-17(22(30)31)14-19(23(24,25)26)21(20)32-18-10-8-16(3)9-11-18/h8-11,14-15,27-28H,4-7,12-13H2,1-3H3,(H,30,31). The summed E-state index contributed by atoms with van der Waals surface area (Å²) in [5.74, 6) is -1.72. The van der Waals surface area contributed by atoms with Crippen molar-refractivity contribution in [3.63, 3.8) is 0 Å². The number of unbranched alkanes of at least 4 members (excludes halogenated alkanes) is 2. The van der Waals surface area contributed by atoms with Crippen LogP contribution in [0.15, 0.2) is 36.4 Å². The van der Waals surface area contributed by atoms with Gasteiger partial charge in [0.25, 0.3) is 0 Å². The van der Waals surface area contributed by atoms with Gasteiger partial charge >= 0.3 is 12.1 Å². The second kappa shape index (κ2) is 11.7. The molecule has 2 aromatic rings. The summed E-state index contributed by atoms with van der Waals surface area (Å²) < 4.78 is 47.7. The molecule has 0 unspecified atom stereocenters. The van der Waals surface area contributed by atoms with Crippen LogP contribution in [0.1, 0.15) is 61.0 Å². The van der Waals surface area contributed by atoms with Gasteiger partial charge in [-0.15, -0.1) is 0 Å². The van der Waals surface area contributed by atoms with E-state index in [0.29, 0.717) is 19.2 Å². The summed E-state index contributed by atoms with van der Waals surface area (Å²) in [6.07, 6.45) is -1.49. The molecule has 0 aliphatic rings. The number of alkyl halides is 3. The molecule has 0 aliphatic heterocycles. The van der Waals surface area contributed by atoms with Gasteiger partial charge in [0.15, 0.2) is 5.75 Å². The number of carbonyl (C=O) groups is 1. The van der Waals surface area contributed by atoms with Crippen molar-refractivity contribution in [1.29, 1.82) is 0 Å². The molecule has 0 bridgehead atoms. The van der Waals surface area contributed by atoms with E-state index >= 15 is 0 Å². The third-order valence-electron chi connectivity index (χ3n) is 4.70. The van der Waals surface area contributed by atoms with E-state index in [-0.39, 0.29) is 11.4 Å². The number of anilines is 1. The number of ether oxygens (including phenoxy) is 1. The van der Waals surface area contributed by atoms with Gasteiger partial charge in [-0.1, -0.05) is 44.4 Å². The first kappa shape index (κ1) is 25.5. The Morgan fingerprint density at radius 3 is 2.06 bits per heavy atom. The second-order valence-electron chi connectivity index (χ2n) is 7.45. The predicted molar refractivity (Wildman–Crippen MR) is 118 cm³/mol. The molecule has 0 saturated carbocycles. The summed E-state index contributed by atoms with van der Waals surface area (Å²) >= 11 is 0. The topological polar surface area (TPSA) is 73.8 Å². The Bertz CT molecular complexity index is 877. The quantitative estimate of drug-likeness (QED) is 0.274. The highest BCUT2D eigenvalue weighted by Crippen LogP contribution is 2.44. The van der Waals surface area contributed by atoms with Gasteiger partial charge in [0.05, 0.1) is 5.56 Å². The zero-order chi connectivity index (χ0) is 23.7. The molecule has 0 aromatic heterocycles. The Hall–Kier alpha value is -2.78. The number of hydrogen-bond donors (Lipinski definition) is 3. The zero-order valence-electron chi connectivity index (χ0n) is 18.6. The summed E-state index contributed by atoms with van der Waals surface area (Å²) in [4.78, 5) is 11.6. The number of aromatic carboxylic acids is 1. The highest BCUT2D eigenvalue weighted by molar-refractivity contribution is 5.90. The zero-order valence-corrected chi connectivity index (χ0v) is 18.6. The van der Waals surface area contributed by atoms with E-state index in [1.54, 1.807) is 24.3 Å². The Morgan fingerprint density at radius 1 is 1.03 bits per heavy atom. The lowest BCUT2D eigenvalue weighted by atomic mass is 10.1. The third kappa shape index (κ3) is 7.13. The predicted octanol–water partition coefficient (Wildman–Crippen LogP) is 5.92. The van der Waals surface area contributed by atoms with Gasteiger partial charge in [0.1, 0.15) is 17.0 Å². The van der Waals surface area contributed by atoms with Gasteiger partial charge in [-0.2, -0.15) is 13.2 Å². The van der Waals surface area contributed by atoms with Crippen LogP contribution < -0.4 is 20.7 Å². The Morgan fingerprint density at radius 2 is 1.59 bits per heavy atom. The van der Waals surface area contributed by atoms with E-state index in [9.17, 15) is 23.1 Å². The normalized spacial score (nSPS) is 11.4. The van der Waals surface area contributed by atoms with Crippen molar-refractivity contribution in [2.24, 2.45) is 0 Å². The number of hydrazine groups is 2. The van der Waals surface area contributed by atoms with Crippen LogP contribution >= 0.6 is 0 Å². The van der Waals surface area contributed by atoms with E-state index in [1.807, 2.05) is 20.8 Å². The Kier molecular flexibility index (Phi) is 9.34. The van der Waals surface area contributed by atoms with Gasteiger partial charge in [-0.25, -0.2) is 20.8 Å². The van der Waals surface area contributed by atoms with Crippen molar-refractivity contribution in [3.8, 4) is 11.5 Å². The van der Waals surface area contributed by atoms with Crippen molar-refractivity contribution in [1.82, 2.24) is 10.9 Å². The van der Waals surface area contributed by atoms with E-state index in [1.165, 1.54) is 11.2 Å². The molecule has 0 atom stereocenters. The molecule has 6 nitrogen and oxygen atoms in total. The van der Waals surface area contributed by atoms with Crippen LogP contribution in [0.3, 0.4) is 0 Å². The monoisotopic (exact) mass is 453 g/mol. The minimum Gasteiger partial charge on any atom is -0.478 e. The molecule has 176 valence electrons. The summed E-state index contributed by atoms with van der Waals surface area (Å²) in [5.41, 5.74) is 5.35. The maximum absolute atomic E-state index is 14.0. The fourth-order valence-electron chi connectivity index (χ4n) is 2.91. The van der Waals surface area contributed by atoms with Crippen molar-refractivity contribution in [2.45, 2.75) is 52.6 Å². The second-order valence-corrected chi connectivity index (χ2v) is 7.45. The Labute approximate surface area is 186 Å². The average Bonchev–Trinajstić information content (AvgIpc) is 2.73. The SMILES string of the molecule is CCCCNN(NCCCC)c1cc(C(=O)O)cc(C(F)(F)F)c1Oc1ccc(C)cc1. The minimum absolute atomic E-state index is 0.0509. The number of benzene rings is 2. The molecule has 0 heterocycles.